The molecule has 1 aromatic carbocycles. The van der Waals surface area contributed by atoms with Crippen LogP contribution >= 0.6 is 11.6 Å². The van der Waals surface area contributed by atoms with Gasteiger partial charge in [-0.25, -0.2) is 0 Å². The van der Waals surface area contributed by atoms with E-state index in [0.29, 0.717) is 16.5 Å². The number of rotatable bonds is 3. The van der Waals surface area contributed by atoms with Gasteiger partial charge in [0, 0.05) is 17.5 Å². The van der Waals surface area contributed by atoms with Crippen LogP contribution in [0.3, 0.4) is 0 Å². The zero-order valence-corrected chi connectivity index (χ0v) is 11.1. The van der Waals surface area contributed by atoms with Crippen molar-refractivity contribution in [1.29, 1.82) is 0 Å². The molecule has 92 valence electrons. The predicted octanol–water partition coefficient (Wildman–Crippen LogP) is 3.16. The lowest BCUT2D eigenvalue weighted by molar-refractivity contribution is 0.0740. The minimum atomic E-state index is -0.287. The number of nitrogens with one attached hydrogen (secondary N) is 1. The number of carbonyl (C=O) groups is 1. The molecule has 1 aromatic rings. The molecule has 1 aliphatic heterocycles. The van der Waals surface area contributed by atoms with Crippen LogP contribution in [0.15, 0.2) is 24.3 Å². The first-order chi connectivity index (χ1) is 8.08. The zero-order chi connectivity index (χ0) is 12.5. The lowest BCUT2D eigenvalue weighted by atomic mass is 9.71. The van der Waals surface area contributed by atoms with Crippen LogP contribution in [0.1, 0.15) is 30.6 Å². The highest BCUT2D eigenvalue weighted by Gasteiger charge is 2.44. The third-order valence-electron chi connectivity index (χ3n) is 3.86. The summed E-state index contributed by atoms with van der Waals surface area (Å²) in [5, 5.41) is 3.86. The first-order valence-corrected chi connectivity index (χ1v) is 6.46. The molecule has 0 amide bonds. The van der Waals surface area contributed by atoms with Gasteiger partial charge in [0.15, 0.2) is 5.78 Å². The number of benzene rings is 1. The summed E-state index contributed by atoms with van der Waals surface area (Å²) in [5.41, 5.74) is 0.372. The summed E-state index contributed by atoms with van der Waals surface area (Å²) in [5.74, 6) is 0.504. The summed E-state index contributed by atoms with van der Waals surface area (Å²) in [7, 11) is 0. The Bertz CT molecular complexity index is 422. The van der Waals surface area contributed by atoms with Crippen molar-refractivity contribution >= 4 is 17.4 Å². The Morgan fingerprint density at radius 1 is 1.41 bits per heavy atom. The molecule has 0 aliphatic carbocycles. The van der Waals surface area contributed by atoms with Gasteiger partial charge in [-0.15, -0.1) is 0 Å². The standard InChI is InChI=1S/C14H18ClNO/c1-10(2)14(7-8-16-9-14)13(17)11-5-3-4-6-12(11)15/h3-6,10,16H,7-9H2,1-2H3. The minimum absolute atomic E-state index is 0.183. The lowest BCUT2D eigenvalue weighted by Gasteiger charge is -2.31. The van der Waals surface area contributed by atoms with Gasteiger partial charge in [0.1, 0.15) is 0 Å². The van der Waals surface area contributed by atoms with Crippen molar-refractivity contribution in [3.8, 4) is 0 Å². The topological polar surface area (TPSA) is 29.1 Å². The van der Waals surface area contributed by atoms with E-state index in [9.17, 15) is 4.79 Å². The van der Waals surface area contributed by atoms with E-state index in [2.05, 4.69) is 19.2 Å². The van der Waals surface area contributed by atoms with Gasteiger partial charge in [-0.3, -0.25) is 4.79 Å². The number of hydrogen-bond acceptors (Lipinski definition) is 2. The fourth-order valence-electron chi connectivity index (χ4n) is 2.57. The van der Waals surface area contributed by atoms with Crippen molar-refractivity contribution in [2.45, 2.75) is 20.3 Å². The Kier molecular flexibility index (Phi) is 3.55. The molecule has 1 saturated heterocycles. The van der Waals surface area contributed by atoms with Gasteiger partial charge in [-0.2, -0.15) is 0 Å². The minimum Gasteiger partial charge on any atom is -0.316 e. The summed E-state index contributed by atoms with van der Waals surface area (Å²) in [4.78, 5) is 12.7. The number of carbonyl (C=O) groups excluding carboxylic acids is 1. The van der Waals surface area contributed by atoms with Crippen LogP contribution in [0.5, 0.6) is 0 Å². The second kappa shape index (κ2) is 4.79. The Hall–Kier alpha value is -0.860. The summed E-state index contributed by atoms with van der Waals surface area (Å²) < 4.78 is 0. The Labute approximate surface area is 107 Å². The molecule has 0 aromatic heterocycles. The van der Waals surface area contributed by atoms with E-state index in [1.54, 1.807) is 6.07 Å². The largest absolute Gasteiger partial charge is 0.316 e. The fourth-order valence-corrected chi connectivity index (χ4v) is 2.80. The summed E-state index contributed by atoms with van der Waals surface area (Å²) >= 11 is 6.12. The fraction of sp³-hybridized carbons (Fsp3) is 0.500. The molecule has 1 fully saturated rings. The number of hydrogen-bond donors (Lipinski definition) is 1. The molecule has 1 unspecified atom stereocenters. The zero-order valence-electron chi connectivity index (χ0n) is 10.3. The van der Waals surface area contributed by atoms with E-state index in [4.69, 9.17) is 11.6 Å². The molecule has 2 rings (SSSR count). The van der Waals surface area contributed by atoms with Crippen molar-refractivity contribution in [2.75, 3.05) is 13.1 Å². The molecule has 0 bridgehead atoms. The van der Waals surface area contributed by atoms with E-state index in [1.807, 2.05) is 18.2 Å². The molecule has 3 heteroatoms. The average Bonchev–Trinajstić information content (AvgIpc) is 2.79. The molecular formula is C14H18ClNO. The van der Waals surface area contributed by atoms with Gasteiger partial charge in [0.05, 0.1) is 5.02 Å². The molecule has 1 atom stereocenters. The number of Topliss-reactive ketones (excluding diaryl/α,β-unsaturated/α-hetero) is 1. The van der Waals surface area contributed by atoms with Gasteiger partial charge >= 0.3 is 0 Å². The quantitative estimate of drug-likeness (QED) is 0.837. The molecule has 0 saturated carbocycles. The molecule has 1 aliphatic rings. The van der Waals surface area contributed by atoms with E-state index in [-0.39, 0.29) is 11.2 Å². The van der Waals surface area contributed by atoms with Gasteiger partial charge in [-0.1, -0.05) is 37.6 Å². The highest BCUT2D eigenvalue weighted by atomic mass is 35.5. The monoisotopic (exact) mass is 251 g/mol. The van der Waals surface area contributed by atoms with Crippen LogP contribution in [0.25, 0.3) is 0 Å². The van der Waals surface area contributed by atoms with Crippen LogP contribution in [0.2, 0.25) is 5.02 Å². The van der Waals surface area contributed by atoms with Crippen LogP contribution < -0.4 is 5.32 Å². The molecule has 17 heavy (non-hydrogen) atoms. The van der Waals surface area contributed by atoms with Crippen molar-refractivity contribution in [2.24, 2.45) is 11.3 Å². The maximum absolute atomic E-state index is 12.7. The van der Waals surface area contributed by atoms with Crippen LogP contribution in [-0.4, -0.2) is 18.9 Å². The molecular weight excluding hydrogens is 234 g/mol. The Morgan fingerprint density at radius 2 is 2.12 bits per heavy atom. The van der Waals surface area contributed by atoms with Gasteiger partial charge in [-0.05, 0) is 31.0 Å². The van der Waals surface area contributed by atoms with E-state index >= 15 is 0 Å². The Balaban J connectivity index is 2.39. The second-order valence-corrected chi connectivity index (χ2v) is 5.45. The number of ketones is 1. The summed E-state index contributed by atoms with van der Waals surface area (Å²) in [6.07, 6.45) is 0.898. The predicted molar refractivity (Wildman–Crippen MR) is 70.5 cm³/mol. The van der Waals surface area contributed by atoms with E-state index in [0.717, 1.165) is 19.5 Å². The van der Waals surface area contributed by atoms with E-state index < -0.39 is 0 Å². The third kappa shape index (κ3) is 2.12. The molecule has 1 N–H and O–H groups in total. The SMILES string of the molecule is CC(C)C1(C(=O)c2ccccc2Cl)CCNC1. The molecule has 2 nitrogen and oxygen atoms in total. The van der Waals surface area contributed by atoms with Crippen molar-refractivity contribution in [1.82, 2.24) is 5.32 Å². The van der Waals surface area contributed by atoms with Gasteiger partial charge in [0.25, 0.3) is 0 Å². The summed E-state index contributed by atoms with van der Waals surface area (Å²) in [6, 6.07) is 7.34. The highest BCUT2D eigenvalue weighted by molar-refractivity contribution is 6.34. The van der Waals surface area contributed by atoms with Crippen LogP contribution in [0.4, 0.5) is 0 Å². The third-order valence-corrected chi connectivity index (χ3v) is 4.19. The van der Waals surface area contributed by atoms with Gasteiger partial charge in [0.2, 0.25) is 0 Å². The van der Waals surface area contributed by atoms with E-state index in [1.165, 1.54) is 0 Å². The van der Waals surface area contributed by atoms with Crippen molar-refractivity contribution in [3.05, 3.63) is 34.9 Å². The Morgan fingerprint density at radius 3 is 2.65 bits per heavy atom. The summed E-state index contributed by atoms with van der Waals surface area (Å²) in [6.45, 7) is 5.90. The highest BCUT2D eigenvalue weighted by Crippen LogP contribution is 2.38. The molecule has 0 radical (unpaired) electrons. The molecule has 1 heterocycles. The first-order valence-electron chi connectivity index (χ1n) is 6.08. The van der Waals surface area contributed by atoms with Crippen LogP contribution in [-0.2, 0) is 0 Å². The smallest absolute Gasteiger partial charge is 0.172 e. The first kappa shape index (κ1) is 12.6. The van der Waals surface area contributed by atoms with Crippen molar-refractivity contribution < 1.29 is 4.79 Å². The number of halogens is 1. The second-order valence-electron chi connectivity index (χ2n) is 5.05. The van der Waals surface area contributed by atoms with Gasteiger partial charge < -0.3 is 5.32 Å². The maximum Gasteiger partial charge on any atom is 0.172 e. The van der Waals surface area contributed by atoms with Crippen LogP contribution in [0, 0.1) is 11.3 Å². The normalized spacial score (nSPS) is 24.2. The maximum atomic E-state index is 12.7. The molecule has 0 spiro atoms. The van der Waals surface area contributed by atoms with Crippen molar-refractivity contribution in [3.63, 3.8) is 0 Å². The average molecular weight is 252 g/mol. The lowest BCUT2D eigenvalue weighted by Crippen LogP contribution is -2.38.